The highest BCUT2D eigenvalue weighted by atomic mass is 32.2. The highest BCUT2D eigenvalue weighted by molar-refractivity contribution is 7.89. The Labute approximate surface area is 126 Å². The second-order valence-corrected chi connectivity index (χ2v) is 7.40. The van der Waals surface area contributed by atoms with Gasteiger partial charge in [0.1, 0.15) is 5.82 Å². The van der Waals surface area contributed by atoms with Crippen LogP contribution in [0.3, 0.4) is 0 Å². The van der Waals surface area contributed by atoms with Crippen LogP contribution in [0, 0.1) is 12.7 Å². The minimum Gasteiger partial charge on any atom is -0.392 e. The predicted octanol–water partition coefficient (Wildman–Crippen LogP) is 1.20. The highest BCUT2D eigenvalue weighted by Gasteiger charge is 2.22. The fourth-order valence-corrected chi connectivity index (χ4v) is 3.33. The third kappa shape index (κ3) is 4.47. The maximum atomic E-state index is 13.7. The highest BCUT2D eigenvalue weighted by Crippen LogP contribution is 2.21. The van der Waals surface area contributed by atoms with Gasteiger partial charge in [0.15, 0.2) is 0 Å². The summed E-state index contributed by atoms with van der Waals surface area (Å²) in [4.78, 5) is 1.99. The van der Waals surface area contributed by atoms with Crippen molar-refractivity contribution in [2.45, 2.75) is 24.8 Å². The van der Waals surface area contributed by atoms with Crippen LogP contribution in [0.1, 0.15) is 17.5 Å². The van der Waals surface area contributed by atoms with E-state index in [4.69, 9.17) is 5.11 Å². The van der Waals surface area contributed by atoms with Gasteiger partial charge in [0.05, 0.1) is 11.5 Å². The van der Waals surface area contributed by atoms with Gasteiger partial charge in [-0.2, -0.15) is 0 Å². The van der Waals surface area contributed by atoms with Crippen LogP contribution < -0.4 is 0 Å². The molecule has 120 valence electrons. The number of hydrogen-bond acceptors (Lipinski definition) is 4. The fourth-order valence-electron chi connectivity index (χ4n) is 1.98. The summed E-state index contributed by atoms with van der Waals surface area (Å²) in [5.41, 5.74) is 0.206. The van der Waals surface area contributed by atoms with E-state index in [0.29, 0.717) is 13.0 Å². The molecule has 1 aromatic rings. The average Bonchev–Trinajstić information content (AvgIpc) is 2.40. The Morgan fingerprint density at radius 3 is 2.33 bits per heavy atom. The SMILES string of the molecule is Cc1cc(S(=O)(=O)N(C)CCCN(C)C)cc(CO)c1F. The van der Waals surface area contributed by atoms with Gasteiger partial charge in [0.2, 0.25) is 10.0 Å². The Bertz CT molecular complexity index is 588. The smallest absolute Gasteiger partial charge is 0.242 e. The molecule has 0 amide bonds. The second-order valence-electron chi connectivity index (χ2n) is 5.35. The van der Waals surface area contributed by atoms with E-state index >= 15 is 0 Å². The van der Waals surface area contributed by atoms with Gasteiger partial charge in [-0.1, -0.05) is 0 Å². The first-order valence-electron chi connectivity index (χ1n) is 6.71. The maximum Gasteiger partial charge on any atom is 0.242 e. The van der Waals surface area contributed by atoms with E-state index in [0.717, 1.165) is 6.54 Å². The summed E-state index contributed by atoms with van der Waals surface area (Å²) in [6, 6.07) is 2.49. The van der Waals surface area contributed by atoms with Crippen LogP contribution in [-0.2, 0) is 16.6 Å². The van der Waals surface area contributed by atoms with Crippen molar-refractivity contribution in [1.29, 1.82) is 0 Å². The Morgan fingerprint density at radius 2 is 1.81 bits per heavy atom. The van der Waals surface area contributed by atoms with Crippen LogP contribution in [0.25, 0.3) is 0 Å². The van der Waals surface area contributed by atoms with Gasteiger partial charge in [-0.15, -0.1) is 0 Å². The topological polar surface area (TPSA) is 60.9 Å². The zero-order valence-electron chi connectivity index (χ0n) is 12.9. The minimum absolute atomic E-state index is 0.00438. The summed E-state index contributed by atoms with van der Waals surface area (Å²) < 4.78 is 39.8. The van der Waals surface area contributed by atoms with Crippen molar-refractivity contribution in [3.8, 4) is 0 Å². The number of aliphatic hydroxyl groups excluding tert-OH is 1. The molecule has 0 saturated heterocycles. The summed E-state index contributed by atoms with van der Waals surface area (Å²) >= 11 is 0. The summed E-state index contributed by atoms with van der Waals surface area (Å²) in [5, 5.41) is 9.12. The summed E-state index contributed by atoms with van der Waals surface area (Å²) in [5.74, 6) is -0.563. The monoisotopic (exact) mass is 318 g/mol. The first-order valence-corrected chi connectivity index (χ1v) is 8.15. The van der Waals surface area contributed by atoms with Gasteiger partial charge >= 0.3 is 0 Å². The Balaban J connectivity index is 2.99. The molecule has 0 atom stereocenters. The van der Waals surface area contributed by atoms with E-state index in [9.17, 15) is 12.8 Å². The number of halogens is 1. The van der Waals surface area contributed by atoms with Crippen LogP contribution in [0.15, 0.2) is 17.0 Å². The zero-order valence-corrected chi connectivity index (χ0v) is 13.7. The molecule has 21 heavy (non-hydrogen) atoms. The van der Waals surface area contributed by atoms with E-state index in [2.05, 4.69) is 0 Å². The molecule has 0 aliphatic rings. The van der Waals surface area contributed by atoms with Crippen molar-refractivity contribution in [3.05, 3.63) is 29.1 Å². The van der Waals surface area contributed by atoms with E-state index < -0.39 is 22.4 Å². The second kappa shape index (κ2) is 7.31. The van der Waals surface area contributed by atoms with Crippen molar-refractivity contribution < 1.29 is 17.9 Å². The third-order valence-corrected chi connectivity index (χ3v) is 5.09. The molecule has 1 N–H and O–H groups in total. The van der Waals surface area contributed by atoms with Crippen LogP contribution in [0.5, 0.6) is 0 Å². The largest absolute Gasteiger partial charge is 0.392 e. The molecule has 0 aromatic heterocycles. The molecule has 0 aliphatic heterocycles. The van der Waals surface area contributed by atoms with Crippen molar-refractivity contribution in [2.24, 2.45) is 0 Å². The molecule has 1 rings (SSSR count). The standard InChI is InChI=1S/C14H23FN2O3S/c1-11-8-13(9-12(10-18)14(11)15)21(19,20)17(4)7-5-6-16(2)3/h8-9,18H,5-7,10H2,1-4H3. The fraction of sp³-hybridized carbons (Fsp3) is 0.571. The number of aryl methyl sites for hydroxylation is 1. The van der Waals surface area contributed by atoms with Gasteiger partial charge in [0, 0.05) is 19.2 Å². The number of benzene rings is 1. The molecular formula is C14H23FN2O3S. The minimum atomic E-state index is -3.67. The molecule has 5 nitrogen and oxygen atoms in total. The summed E-state index contributed by atoms with van der Waals surface area (Å²) in [6.45, 7) is 2.12. The average molecular weight is 318 g/mol. The van der Waals surface area contributed by atoms with E-state index in [1.807, 2.05) is 19.0 Å². The number of rotatable bonds is 7. The predicted molar refractivity (Wildman–Crippen MR) is 80.0 cm³/mol. The van der Waals surface area contributed by atoms with Crippen LogP contribution in [0.4, 0.5) is 4.39 Å². The molecular weight excluding hydrogens is 295 g/mol. The summed E-state index contributed by atoms with van der Waals surface area (Å²) in [7, 11) is 1.67. The molecule has 0 aliphatic carbocycles. The van der Waals surface area contributed by atoms with Gasteiger partial charge in [-0.3, -0.25) is 0 Å². The molecule has 1 aromatic carbocycles. The lowest BCUT2D eigenvalue weighted by atomic mass is 10.1. The Morgan fingerprint density at radius 1 is 1.19 bits per heavy atom. The number of sulfonamides is 1. The molecule has 0 saturated carbocycles. The normalized spacial score (nSPS) is 12.4. The molecule has 0 radical (unpaired) electrons. The molecule has 0 bridgehead atoms. The van der Waals surface area contributed by atoms with Crippen molar-refractivity contribution >= 4 is 10.0 Å². The molecule has 0 fully saturated rings. The molecule has 7 heteroatoms. The van der Waals surface area contributed by atoms with Crippen LogP contribution in [-0.4, -0.2) is 57.0 Å². The van der Waals surface area contributed by atoms with Crippen molar-refractivity contribution in [1.82, 2.24) is 9.21 Å². The number of hydrogen-bond donors (Lipinski definition) is 1. The van der Waals surface area contributed by atoms with Crippen LogP contribution in [0.2, 0.25) is 0 Å². The van der Waals surface area contributed by atoms with E-state index in [-0.39, 0.29) is 16.0 Å². The molecule has 0 unspecified atom stereocenters. The Kier molecular flexibility index (Phi) is 6.27. The first kappa shape index (κ1) is 18.0. The Hall–Kier alpha value is -1.02. The molecule has 0 heterocycles. The lowest BCUT2D eigenvalue weighted by Gasteiger charge is -2.19. The van der Waals surface area contributed by atoms with E-state index in [1.165, 1.54) is 30.4 Å². The summed E-state index contributed by atoms with van der Waals surface area (Å²) in [6.07, 6.45) is 0.704. The zero-order chi connectivity index (χ0) is 16.2. The van der Waals surface area contributed by atoms with Crippen molar-refractivity contribution in [3.63, 3.8) is 0 Å². The number of nitrogens with zero attached hydrogens (tertiary/aromatic N) is 2. The van der Waals surface area contributed by atoms with Gasteiger partial charge in [-0.05, 0) is 51.7 Å². The maximum absolute atomic E-state index is 13.7. The quantitative estimate of drug-likeness (QED) is 0.820. The van der Waals surface area contributed by atoms with E-state index in [1.54, 1.807) is 0 Å². The van der Waals surface area contributed by atoms with Gasteiger partial charge in [-0.25, -0.2) is 17.1 Å². The van der Waals surface area contributed by atoms with Gasteiger partial charge in [0.25, 0.3) is 0 Å². The molecule has 0 spiro atoms. The van der Waals surface area contributed by atoms with Gasteiger partial charge < -0.3 is 10.0 Å². The first-order chi connectivity index (χ1) is 9.70. The number of aliphatic hydroxyl groups is 1. The van der Waals surface area contributed by atoms with Crippen molar-refractivity contribution in [2.75, 3.05) is 34.2 Å². The van der Waals surface area contributed by atoms with Crippen LogP contribution >= 0.6 is 0 Å². The lowest BCUT2D eigenvalue weighted by molar-refractivity contribution is 0.275. The lowest BCUT2D eigenvalue weighted by Crippen LogP contribution is -2.30. The third-order valence-electron chi connectivity index (χ3n) is 3.26.